The average Bonchev–Trinajstić information content (AvgIpc) is 3.10. The van der Waals surface area contributed by atoms with Crippen molar-refractivity contribution in [1.29, 1.82) is 0 Å². The van der Waals surface area contributed by atoms with Gasteiger partial charge in [-0.1, -0.05) is 6.07 Å². The minimum atomic E-state index is 0.105. The molecular formula is C20H23NO4. The smallest absolute Gasteiger partial charge is 0.231 e. The van der Waals surface area contributed by atoms with E-state index in [9.17, 15) is 0 Å². The van der Waals surface area contributed by atoms with Gasteiger partial charge in [0.15, 0.2) is 23.0 Å². The molecule has 5 nitrogen and oxygen atoms in total. The second kappa shape index (κ2) is 6.84. The molecule has 0 amide bonds. The van der Waals surface area contributed by atoms with Crippen LogP contribution in [0.1, 0.15) is 36.6 Å². The molecule has 0 fully saturated rings. The Kier molecular flexibility index (Phi) is 4.40. The Bertz CT molecular complexity index is 775. The van der Waals surface area contributed by atoms with Gasteiger partial charge in [-0.25, -0.2) is 0 Å². The van der Waals surface area contributed by atoms with Crippen LogP contribution in [-0.4, -0.2) is 26.6 Å². The second-order valence-electron chi connectivity index (χ2n) is 6.11. The minimum absolute atomic E-state index is 0.105. The highest BCUT2D eigenvalue weighted by atomic mass is 16.7. The molecule has 132 valence electrons. The molecule has 0 radical (unpaired) electrons. The normalized spacial score (nSPS) is 17.9. The molecule has 2 aromatic carbocycles. The lowest BCUT2D eigenvalue weighted by atomic mass is 9.89. The lowest BCUT2D eigenvalue weighted by Gasteiger charge is -2.29. The Morgan fingerprint density at radius 2 is 1.76 bits per heavy atom. The summed E-state index contributed by atoms with van der Waals surface area (Å²) in [6, 6.07) is 10.5. The summed E-state index contributed by atoms with van der Waals surface area (Å²) in [5.74, 6) is 3.25. The van der Waals surface area contributed by atoms with Crippen LogP contribution in [0.3, 0.4) is 0 Å². The number of benzene rings is 2. The summed E-state index contributed by atoms with van der Waals surface area (Å²) in [7, 11) is 0. The molecule has 0 spiro atoms. The van der Waals surface area contributed by atoms with Crippen LogP contribution in [0.15, 0.2) is 30.3 Å². The summed E-state index contributed by atoms with van der Waals surface area (Å²) >= 11 is 0. The van der Waals surface area contributed by atoms with Gasteiger partial charge in [0.2, 0.25) is 6.79 Å². The Morgan fingerprint density at radius 1 is 1.00 bits per heavy atom. The van der Waals surface area contributed by atoms with Gasteiger partial charge >= 0.3 is 0 Å². The molecule has 0 unspecified atom stereocenters. The third-order valence-corrected chi connectivity index (χ3v) is 4.59. The van der Waals surface area contributed by atoms with Crippen molar-refractivity contribution in [3.8, 4) is 23.0 Å². The van der Waals surface area contributed by atoms with Crippen molar-refractivity contribution in [2.24, 2.45) is 0 Å². The van der Waals surface area contributed by atoms with Gasteiger partial charge in [-0.15, -0.1) is 0 Å². The lowest BCUT2D eigenvalue weighted by Crippen LogP contribution is -2.30. The Morgan fingerprint density at radius 3 is 2.56 bits per heavy atom. The molecule has 0 bridgehead atoms. The number of fused-ring (bicyclic) bond motifs is 2. The van der Waals surface area contributed by atoms with Gasteiger partial charge in [-0.2, -0.15) is 0 Å². The fourth-order valence-corrected chi connectivity index (χ4v) is 3.49. The third kappa shape index (κ3) is 3.00. The van der Waals surface area contributed by atoms with Crippen molar-refractivity contribution < 1.29 is 18.9 Å². The number of hydrogen-bond donors (Lipinski definition) is 1. The predicted molar refractivity (Wildman–Crippen MR) is 94.9 cm³/mol. The standard InChI is InChI=1S/C20H23NO4/c1-3-22-18-9-13-7-8-21-20(15(13)11-19(18)23-4-2)14-5-6-16-17(10-14)25-12-24-16/h5-6,9-11,20-21H,3-4,7-8,12H2,1-2H3/t20-/m0/s1. The fourth-order valence-electron chi connectivity index (χ4n) is 3.49. The summed E-state index contributed by atoms with van der Waals surface area (Å²) in [6.07, 6.45) is 0.975. The highest BCUT2D eigenvalue weighted by Crippen LogP contribution is 2.40. The van der Waals surface area contributed by atoms with E-state index in [1.165, 1.54) is 11.1 Å². The summed E-state index contributed by atoms with van der Waals surface area (Å²) in [6.45, 7) is 6.43. The van der Waals surface area contributed by atoms with E-state index < -0.39 is 0 Å². The van der Waals surface area contributed by atoms with Crippen molar-refractivity contribution in [3.05, 3.63) is 47.0 Å². The molecule has 4 rings (SSSR count). The maximum atomic E-state index is 5.82. The van der Waals surface area contributed by atoms with Crippen LogP contribution in [-0.2, 0) is 6.42 Å². The SMILES string of the molecule is CCOc1cc2c(cc1OCC)[C@H](c1ccc3c(c1)OCO3)NCC2. The Balaban J connectivity index is 1.74. The molecule has 1 N–H and O–H groups in total. The summed E-state index contributed by atoms with van der Waals surface area (Å²) in [5.41, 5.74) is 3.70. The summed E-state index contributed by atoms with van der Waals surface area (Å²) in [5, 5.41) is 3.61. The molecule has 25 heavy (non-hydrogen) atoms. The maximum absolute atomic E-state index is 5.82. The molecule has 0 aliphatic carbocycles. The molecule has 2 heterocycles. The molecule has 2 aliphatic rings. The zero-order valence-electron chi connectivity index (χ0n) is 14.6. The molecule has 0 saturated carbocycles. The Hall–Kier alpha value is -2.40. The van der Waals surface area contributed by atoms with Gasteiger partial charge in [0.1, 0.15) is 0 Å². The average molecular weight is 341 g/mol. The van der Waals surface area contributed by atoms with E-state index in [0.717, 1.165) is 41.5 Å². The van der Waals surface area contributed by atoms with Crippen molar-refractivity contribution in [2.75, 3.05) is 26.6 Å². The first-order valence-corrected chi connectivity index (χ1v) is 8.85. The van der Waals surface area contributed by atoms with E-state index >= 15 is 0 Å². The van der Waals surface area contributed by atoms with Gasteiger partial charge in [-0.05, 0) is 61.2 Å². The highest BCUT2D eigenvalue weighted by Gasteiger charge is 2.26. The number of hydrogen-bond acceptors (Lipinski definition) is 5. The van der Waals surface area contributed by atoms with Crippen molar-refractivity contribution in [1.82, 2.24) is 5.32 Å². The van der Waals surface area contributed by atoms with Gasteiger partial charge in [0, 0.05) is 6.54 Å². The molecule has 0 saturated heterocycles. The Labute approximate surface area is 147 Å². The topological polar surface area (TPSA) is 49.0 Å². The maximum Gasteiger partial charge on any atom is 0.231 e. The van der Waals surface area contributed by atoms with Crippen LogP contribution < -0.4 is 24.3 Å². The third-order valence-electron chi connectivity index (χ3n) is 4.59. The summed E-state index contributed by atoms with van der Waals surface area (Å²) in [4.78, 5) is 0. The van der Waals surface area contributed by atoms with E-state index in [2.05, 4.69) is 29.6 Å². The van der Waals surface area contributed by atoms with Crippen LogP contribution in [0.2, 0.25) is 0 Å². The molecular weight excluding hydrogens is 318 g/mol. The predicted octanol–water partition coefficient (Wildman–Crippen LogP) is 3.45. The second-order valence-corrected chi connectivity index (χ2v) is 6.11. The van der Waals surface area contributed by atoms with Crippen molar-refractivity contribution >= 4 is 0 Å². The first-order chi connectivity index (χ1) is 12.3. The minimum Gasteiger partial charge on any atom is -0.490 e. The van der Waals surface area contributed by atoms with Crippen LogP contribution in [0, 0.1) is 0 Å². The number of nitrogens with one attached hydrogen (secondary N) is 1. The van der Waals surface area contributed by atoms with Crippen molar-refractivity contribution in [2.45, 2.75) is 26.3 Å². The van der Waals surface area contributed by atoms with Crippen LogP contribution in [0.5, 0.6) is 23.0 Å². The van der Waals surface area contributed by atoms with Gasteiger partial charge in [0.05, 0.1) is 19.3 Å². The molecule has 1 atom stereocenters. The van der Waals surface area contributed by atoms with E-state index in [0.29, 0.717) is 20.0 Å². The fraction of sp³-hybridized carbons (Fsp3) is 0.400. The van der Waals surface area contributed by atoms with Crippen LogP contribution >= 0.6 is 0 Å². The highest BCUT2D eigenvalue weighted by molar-refractivity contribution is 5.53. The first-order valence-electron chi connectivity index (χ1n) is 8.85. The molecule has 0 aromatic heterocycles. The van der Waals surface area contributed by atoms with E-state index in [-0.39, 0.29) is 6.04 Å². The molecule has 2 aromatic rings. The van der Waals surface area contributed by atoms with Gasteiger partial charge in [-0.3, -0.25) is 0 Å². The lowest BCUT2D eigenvalue weighted by molar-refractivity contribution is 0.174. The summed E-state index contributed by atoms with van der Waals surface area (Å²) < 4.78 is 22.6. The van der Waals surface area contributed by atoms with Crippen LogP contribution in [0.25, 0.3) is 0 Å². The molecule has 2 aliphatic heterocycles. The first kappa shape index (κ1) is 16.1. The monoisotopic (exact) mass is 341 g/mol. The zero-order chi connectivity index (χ0) is 17.2. The zero-order valence-corrected chi connectivity index (χ0v) is 14.6. The quantitative estimate of drug-likeness (QED) is 0.903. The largest absolute Gasteiger partial charge is 0.490 e. The van der Waals surface area contributed by atoms with Crippen molar-refractivity contribution in [3.63, 3.8) is 0 Å². The molecule has 5 heteroatoms. The van der Waals surface area contributed by atoms with Gasteiger partial charge < -0.3 is 24.3 Å². The number of rotatable bonds is 5. The van der Waals surface area contributed by atoms with Gasteiger partial charge in [0.25, 0.3) is 0 Å². The van der Waals surface area contributed by atoms with E-state index in [1.807, 2.05) is 19.9 Å². The van der Waals surface area contributed by atoms with Crippen LogP contribution in [0.4, 0.5) is 0 Å². The van der Waals surface area contributed by atoms with E-state index in [1.54, 1.807) is 0 Å². The van der Waals surface area contributed by atoms with E-state index in [4.69, 9.17) is 18.9 Å². The number of ether oxygens (including phenoxy) is 4.